The van der Waals surface area contributed by atoms with Crippen LogP contribution in [0.5, 0.6) is 0 Å². The van der Waals surface area contributed by atoms with Crippen LogP contribution in [0.15, 0.2) is 8.80 Å². The average molecular weight is 896 g/mol. The lowest BCUT2D eigenvalue weighted by Crippen LogP contribution is -2.38. The number of carbonyl (C=O) groups is 2. The summed E-state index contributed by atoms with van der Waals surface area (Å²) < 4.78 is 42.9. The van der Waals surface area contributed by atoms with Crippen molar-refractivity contribution in [2.45, 2.75) is 265 Å². The molecule has 12 heteroatoms. The molecule has 62 heavy (non-hydrogen) atoms. The van der Waals surface area contributed by atoms with Crippen LogP contribution in [0, 0.1) is 0 Å². The Bertz CT molecular complexity index is 1250. The summed E-state index contributed by atoms with van der Waals surface area (Å²) >= 11 is 0. The standard InChI is InChI=1S/C50H97N5O6S/c1-6-10-13-16-21-28-36-45(9-4)60-47(56)39-31-24-19-26-33-42-55(44-35-41-52-50-49(51-5)53-62(58,59)54-50)43-34-27-20-25-32-40-48(57)61-46(37-29-22-17-14-11-7-2)38-30-23-18-15-12-8-3/h45-46H,6-44H2,1-5H3,(H,51,53)(H,52,54). The molecule has 0 spiro atoms. The first-order chi connectivity index (χ1) is 30.2. The minimum atomic E-state index is -3.81. The lowest BCUT2D eigenvalue weighted by molar-refractivity contribution is -0.150. The number of esters is 2. The van der Waals surface area contributed by atoms with Crippen molar-refractivity contribution in [3.05, 3.63) is 0 Å². The predicted molar refractivity (Wildman–Crippen MR) is 261 cm³/mol. The summed E-state index contributed by atoms with van der Waals surface area (Å²) in [6, 6.07) is 0. The number of nitrogens with one attached hydrogen (secondary N) is 2. The summed E-state index contributed by atoms with van der Waals surface area (Å²) in [6.45, 7) is 12.4. The first kappa shape index (κ1) is 57.8. The molecule has 0 radical (unpaired) electrons. The number of likely N-dealkylation sites (N-methyl/N-ethyl adjacent to an activating group) is 1. The van der Waals surface area contributed by atoms with Gasteiger partial charge in [-0.3, -0.25) is 9.59 Å². The molecule has 364 valence electrons. The lowest BCUT2D eigenvalue weighted by Gasteiger charge is -2.22. The number of hydrogen-bond acceptors (Lipinski definition) is 9. The van der Waals surface area contributed by atoms with E-state index in [0.29, 0.717) is 19.4 Å². The van der Waals surface area contributed by atoms with Crippen LogP contribution in [0.3, 0.4) is 0 Å². The summed E-state index contributed by atoms with van der Waals surface area (Å²) in [5.74, 6) is 0.483. The lowest BCUT2D eigenvalue weighted by atomic mass is 10.0. The molecule has 0 amide bonds. The quantitative estimate of drug-likeness (QED) is 0.0452. The molecule has 0 bridgehead atoms. The topological polar surface area (TPSA) is 139 Å². The highest BCUT2D eigenvalue weighted by Gasteiger charge is 2.23. The van der Waals surface area contributed by atoms with E-state index in [4.69, 9.17) is 9.47 Å². The van der Waals surface area contributed by atoms with Crippen LogP contribution >= 0.6 is 0 Å². The normalized spacial score (nSPS) is 14.0. The fourth-order valence-electron chi connectivity index (χ4n) is 8.29. The van der Waals surface area contributed by atoms with Gasteiger partial charge < -0.3 is 25.0 Å². The molecule has 0 aromatic carbocycles. The van der Waals surface area contributed by atoms with Gasteiger partial charge in [0, 0.05) is 26.4 Å². The van der Waals surface area contributed by atoms with Gasteiger partial charge in [-0.2, -0.15) is 8.42 Å². The Kier molecular flexibility index (Phi) is 37.6. The first-order valence-electron chi connectivity index (χ1n) is 26.2. The van der Waals surface area contributed by atoms with Gasteiger partial charge in [0.05, 0.1) is 0 Å². The Morgan fingerprint density at radius 1 is 0.500 bits per heavy atom. The minimum absolute atomic E-state index is 0.00936. The smallest absolute Gasteiger partial charge is 0.367 e. The molecule has 1 heterocycles. The van der Waals surface area contributed by atoms with Gasteiger partial charge in [-0.25, -0.2) is 0 Å². The Balaban J connectivity index is 2.44. The van der Waals surface area contributed by atoms with Gasteiger partial charge in [0.15, 0.2) is 11.7 Å². The largest absolute Gasteiger partial charge is 0.462 e. The second-order valence-electron chi connectivity index (χ2n) is 18.0. The fraction of sp³-hybridized carbons (Fsp3) is 0.920. The zero-order valence-electron chi connectivity index (χ0n) is 40.9. The van der Waals surface area contributed by atoms with Crippen molar-refractivity contribution in [2.24, 2.45) is 8.80 Å². The van der Waals surface area contributed by atoms with E-state index in [-0.39, 0.29) is 35.8 Å². The second-order valence-corrected chi connectivity index (χ2v) is 19.3. The maximum absolute atomic E-state index is 12.9. The van der Waals surface area contributed by atoms with Gasteiger partial charge in [-0.15, -0.1) is 8.80 Å². The Morgan fingerprint density at radius 2 is 0.871 bits per heavy atom. The van der Waals surface area contributed by atoms with Crippen LogP contribution in [-0.4, -0.2) is 82.4 Å². The van der Waals surface area contributed by atoms with Crippen molar-refractivity contribution < 1.29 is 27.5 Å². The molecule has 0 aromatic rings. The van der Waals surface area contributed by atoms with Gasteiger partial charge in [-0.1, -0.05) is 163 Å². The summed E-state index contributed by atoms with van der Waals surface area (Å²) in [6.07, 6.45) is 39.2. The van der Waals surface area contributed by atoms with E-state index in [1.165, 1.54) is 96.3 Å². The van der Waals surface area contributed by atoms with Gasteiger partial charge in [0.25, 0.3) is 0 Å². The molecule has 2 N–H and O–H groups in total. The van der Waals surface area contributed by atoms with E-state index in [1.54, 1.807) is 7.05 Å². The number of ether oxygens (including phenoxy) is 2. The second kappa shape index (κ2) is 40.3. The van der Waals surface area contributed by atoms with Crippen molar-refractivity contribution in [3.8, 4) is 0 Å². The van der Waals surface area contributed by atoms with E-state index in [9.17, 15) is 18.0 Å². The van der Waals surface area contributed by atoms with Crippen LogP contribution < -0.4 is 10.6 Å². The first-order valence-corrected chi connectivity index (χ1v) is 27.6. The summed E-state index contributed by atoms with van der Waals surface area (Å²) in [5.41, 5.74) is 0. The number of hydrogen-bond donors (Lipinski definition) is 2. The van der Waals surface area contributed by atoms with E-state index < -0.39 is 10.2 Å². The predicted octanol–water partition coefficient (Wildman–Crippen LogP) is 12.7. The third kappa shape index (κ3) is 33.3. The van der Waals surface area contributed by atoms with Crippen LogP contribution in [-0.2, 0) is 29.3 Å². The SMILES string of the molecule is CCCCCCCCC(CC)OC(=O)CCCCCCCN(CCCCCCCC(=O)OC(CCCCCCCC)CCCCCCCC)CCCNC1=NS(=O)(=O)N=C1NC. The van der Waals surface area contributed by atoms with Crippen molar-refractivity contribution in [1.29, 1.82) is 0 Å². The number of amidine groups is 2. The zero-order chi connectivity index (χ0) is 45.4. The molecule has 1 atom stereocenters. The highest BCUT2D eigenvalue weighted by Crippen LogP contribution is 2.19. The molecule has 1 unspecified atom stereocenters. The summed E-state index contributed by atoms with van der Waals surface area (Å²) in [5, 5.41) is 5.96. The molecule has 0 fully saturated rings. The van der Waals surface area contributed by atoms with Crippen molar-refractivity contribution in [1.82, 2.24) is 15.5 Å². The maximum Gasteiger partial charge on any atom is 0.367 e. The van der Waals surface area contributed by atoms with Gasteiger partial charge in [0.1, 0.15) is 12.2 Å². The summed E-state index contributed by atoms with van der Waals surface area (Å²) in [4.78, 5) is 27.9. The van der Waals surface area contributed by atoms with Crippen LogP contribution in [0.25, 0.3) is 0 Å². The molecule has 1 rings (SSSR count). The van der Waals surface area contributed by atoms with Gasteiger partial charge in [-0.05, 0) is 96.7 Å². The van der Waals surface area contributed by atoms with E-state index in [2.05, 4.69) is 52.0 Å². The molecular weight excluding hydrogens is 799 g/mol. The van der Waals surface area contributed by atoms with Crippen LogP contribution in [0.1, 0.15) is 252 Å². The Labute approximate surface area is 382 Å². The third-order valence-electron chi connectivity index (χ3n) is 12.2. The van der Waals surface area contributed by atoms with Crippen molar-refractivity contribution >= 4 is 33.8 Å². The minimum Gasteiger partial charge on any atom is -0.462 e. The molecule has 1 aliphatic rings. The molecule has 0 aromatic heterocycles. The van der Waals surface area contributed by atoms with Crippen molar-refractivity contribution in [2.75, 3.05) is 33.2 Å². The highest BCUT2D eigenvalue weighted by molar-refractivity contribution is 7.89. The van der Waals surface area contributed by atoms with E-state index in [0.717, 1.165) is 135 Å². The number of nitrogens with zero attached hydrogens (tertiary/aromatic N) is 3. The number of carbonyl (C=O) groups excluding carboxylic acids is 2. The molecule has 0 aliphatic carbocycles. The fourth-order valence-corrected chi connectivity index (χ4v) is 9.12. The molecule has 1 aliphatic heterocycles. The molecule has 0 saturated carbocycles. The number of unbranched alkanes of at least 4 members (excludes halogenated alkanes) is 23. The molecule has 0 saturated heterocycles. The highest BCUT2D eigenvalue weighted by atomic mass is 32.2. The molecule has 11 nitrogen and oxygen atoms in total. The monoisotopic (exact) mass is 896 g/mol. The zero-order valence-corrected chi connectivity index (χ0v) is 41.7. The average Bonchev–Trinajstić information content (AvgIpc) is 3.56. The number of rotatable bonds is 44. The molecular formula is C50H97N5O6S. The van der Waals surface area contributed by atoms with Crippen LogP contribution in [0.2, 0.25) is 0 Å². The van der Waals surface area contributed by atoms with Gasteiger partial charge >= 0.3 is 22.1 Å². The van der Waals surface area contributed by atoms with Gasteiger partial charge in [0.2, 0.25) is 0 Å². The maximum atomic E-state index is 12.9. The van der Waals surface area contributed by atoms with Crippen LogP contribution in [0.4, 0.5) is 0 Å². The Morgan fingerprint density at radius 3 is 1.32 bits per heavy atom. The van der Waals surface area contributed by atoms with E-state index in [1.807, 2.05) is 0 Å². The third-order valence-corrected chi connectivity index (χ3v) is 13.0. The summed E-state index contributed by atoms with van der Waals surface area (Å²) in [7, 11) is -2.17. The van der Waals surface area contributed by atoms with E-state index >= 15 is 0 Å². The Hall–Kier alpha value is -2.21. The van der Waals surface area contributed by atoms with Crippen molar-refractivity contribution in [3.63, 3.8) is 0 Å².